The van der Waals surface area contributed by atoms with E-state index in [9.17, 15) is 0 Å². The lowest BCUT2D eigenvalue weighted by atomic mass is 10.2. The number of azo groups is 1. The van der Waals surface area contributed by atoms with Gasteiger partial charge in [-0.15, -0.1) is 0 Å². The van der Waals surface area contributed by atoms with Gasteiger partial charge >= 0.3 is 0 Å². The normalized spacial score (nSPS) is 15.0. The van der Waals surface area contributed by atoms with Gasteiger partial charge in [-0.1, -0.05) is 12.2 Å². The average Bonchev–Trinajstić information content (AvgIpc) is 2.39. The first-order chi connectivity index (χ1) is 8.29. The van der Waals surface area contributed by atoms with Crippen molar-refractivity contribution < 1.29 is 4.74 Å². The molecule has 0 unspecified atom stereocenters. The molecule has 0 spiro atoms. The maximum atomic E-state index is 5.72. The lowest BCUT2D eigenvalue weighted by Gasteiger charge is -2.04. The van der Waals surface area contributed by atoms with Gasteiger partial charge in [0.25, 0.3) is 0 Å². The largest absolute Gasteiger partial charge is 0.495 e. The van der Waals surface area contributed by atoms with Crippen molar-refractivity contribution >= 4 is 11.4 Å². The third-order valence-electron chi connectivity index (χ3n) is 2.47. The van der Waals surface area contributed by atoms with Gasteiger partial charge in [-0.2, -0.15) is 10.2 Å². The topological polar surface area (TPSA) is 60.0 Å². The molecule has 0 saturated carbocycles. The zero-order valence-corrected chi connectivity index (χ0v) is 9.76. The number of ether oxygens (including phenoxy) is 1. The molecule has 1 aromatic carbocycles. The summed E-state index contributed by atoms with van der Waals surface area (Å²) in [4.78, 5) is 0. The molecule has 0 aromatic heterocycles. The van der Waals surface area contributed by atoms with E-state index in [2.05, 4.69) is 22.4 Å². The maximum absolute atomic E-state index is 5.72. The van der Waals surface area contributed by atoms with Gasteiger partial charge in [0.15, 0.2) is 0 Å². The molecular weight excluding hydrogens is 214 g/mol. The van der Waals surface area contributed by atoms with E-state index in [4.69, 9.17) is 10.5 Å². The van der Waals surface area contributed by atoms with E-state index in [0.717, 1.165) is 24.2 Å². The number of nitrogens with two attached hydrogens (primary N) is 1. The summed E-state index contributed by atoms with van der Waals surface area (Å²) in [5.41, 5.74) is 7.95. The Kier molecular flexibility index (Phi) is 3.55. The standard InChI is InChI=1S/C13H15N3O/c1-17-13-9-11(7-8-12(13)14)16-15-10-5-3-2-4-6-10/h3,5-9H,2,4,14H2,1H3. The Hall–Kier alpha value is -2.10. The van der Waals surface area contributed by atoms with E-state index in [-0.39, 0.29) is 0 Å². The molecule has 0 amide bonds. The molecule has 88 valence electrons. The monoisotopic (exact) mass is 229 g/mol. The van der Waals surface area contributed by atoms with Crippen LogP contribution in [0.5, 0.6) is 5.75 Å². The predicted octanol–water partition coefficient (Wildman–Crippen LogP) is 3.60. The number of hydrogen-bond acceptors (Lipinski definition) is 4. The van der Waals surface area contributed by atoms with Crippen LogP contribution in [-0.2, 0) is 0 Å². The number of hydrogen-bond donors (Lipinski definition) is 1. The second-order valence-corrected chi connectivity index (χ2v) is 3.73. The molecule has 0 aliphatic heterocycles. The Morgan fingerprint density at radius 1 is 1.24 bits per heavy atom. The van der Waals surface area contributed by atoms with Crippen molar-refractivity contribution in [3.8, 4) is 5.75 Å². The first-order valence-corrected chi connectivity index (χ1v) is 5.51. The molecule has 0 radical (unpaired) electrons. The van der Waals surface area contributed by atoms with Crippen molar-refractivity contribution in [1.82, 2.24) is 0 Å². The number of rotatable bonds is 3. The second kappa shape index (κ2) is 5.30. The second-order valence-electron chi connectivity index (χ2n) is 3.73. The lowest BCUT2D eigenvalue weighted by Crippen LogP contribution is -1.90. The number of nitrogen functional groups attached to an aromatic ring is 1. The molecule has 0 heterocycles. The van der Waals surface area contributed by atoms with Gasteiger partial charge in [-0.3, -0.25) is 0 Å². The van der Waals surface area contributed by atoms with Crippen LogP contribution in [0.15, 0.2) is 52.4 Å². The third kappa shape index (κ3) is 2.93. The van der Waals surface area contributed by atoms with Gasteiger partial charge in [0.2, 0.25) is 0 Å². The Labute approximate surface area is 101 Å². The fraction of sp³-hybridized carbons (Fsp3) is 0.231. The average molecular weight is 229 g/mol. The molecule has 2 rings (SSSR count). The molecule has 1 aromatic rings. The third-order valence-corrected chi connectivity index (χ3v) is 2.47. The van der Waals surface area contributed by atoms with Crippen LogP contribution in [0.4, 0.5) is 11.4 Å². The fourth-order valence-corrected chi connectivity index (χ4v) is 1.55. The minimum absolute atomic E-state index is 0.600. The Morgan fingerprint density at radius 2 is 2.12 bits per heavy atom. The number of anilines is 1. The molecule has 0 fully saturated rings. The molecule has 4 nitrogen and oxygen atoms in total. The highest BCUT2D eigenvalue weighted by Gasteiger charge is 2.00. The van der Waals surface area contributed by atoms with Gasteiger partial charge in [0.05, 0.1) is 24.2 Å². The van der Waals surface area contributed by atoms with Crippen molar-refractivity contribution in [1.29, 1.82) is 0 Å². The molecule has 0 bridgehead atoms. The fourth-order valence-electron chi connectivity index (χ4n) is 1.55. The molecular formula is C13H15N3O. The van der Waals surface area contributed by atoms with Gasteiger partial charge in [0, 0.05) is 6.07 Å². The summed E-state index contributed by atoms with van der Waals surface area (Å²) in [6.07, 6.45) is 8.24. The summed E-state index contributed by atoms with van der Waals surface area (Å²) < 4.78 is 5.12. The van der Waals surface area contributed by atoms with Gasteiger partial charge in [0.1, 0.15) is 5.75 Å². The Bertz CT molecular complexity index is 489. The minimum Gasteiger partial charge on any atom is -0.495 e. The molecule has 17 heavy (non-hydrogen) atoms. The highest BCUT2D eigenvalue weighted by molar-refractivity contribution is 5.59. The van der Waals surface area contributed by atoms with E-state index in [1.165, 1.54) is 0 Å². The molecule has 1 aliphatic carbocycles. The van der Waals surface area contributed by atoms with E-state index in [0.29, 0.717) is 11.4 Å². The van der Waals surface area contributed by atoms with Crippen LogP contribution in [0.25, 0.3) is 0 Å². The zero-order valence-electron chi connectivity index (χ0n) is 9.76. The van der Waals surface area contributed by atoms with Crippen molar-refractivity contribution in [2.75, 3.05) is 12.8 Å². The number of benzene rings is 1. The van der Waals surface area contributed by atoms with Crippen LogP contribution >= 0.6 is 0 Å². The number of nitrogens with zero attached hydrogens (tertiary/aromatic N) is 2. The number of methoxy groups -OCH3 is 1. The van der Waals surface area contributed by atoms with Crippen molar-refractivity contribution in [2.45, 2.75) is 12.8 Å². The molecule has 0 atom stereocenters. The number of allylic oxidation sites excluding steroid dienone is 3. The van der Waals surface area contributed by atoms with Crippen molar-refractivity contribution in [2.24, 2.45) is 10.2 Å². The van der Waals surface area contributed by atoms with Gasteiger partial charge in [-0.05, 0) is 31.1 Å². The van der Waals surface area contributed by atoms with Crippen LogP contribution in [0, 0.1) is 0 Å². The first-order valence-electron chi connectivity index (χ1n) is 5.51. The van der Waals surface area contributed by atoms with E-state index < -0.39 is 0 Å². The van der Waals surface area contributed by atoms with Crippen LogP contribution < -0.4 is 10.5 Å². The SMILES string of the molecule is COc1cc(N=NC2=CCCC=C2)ccc1N. The van der Waals surface area contributed by atoms with E-state index in [1.54, 1.807) is 19.2 Å². The summed E-state index contributed by atoms with van der Waals surface area (Å²) >= 11 is 0. The Balaban J connectivity index is 2.15. The van der Waals surface area contributed by atoms with E-state index >= 15 is 0 Å². The summed E-state index contributed by atoms with van der Waals surface area (Å²) in [6.45, 7) is 0. The van der Waals surface area contributed by atoms with Crippen LogP contribution in [0.3, 0.4) is 0 Å². The van der Waals surface area contributed by atoms with Crippen molar-refractivity contribution in [3.63, 3.8) is 0 Å². The molecule has 0 saturated heterocycles. The highest BCUT2D eigenvalue weighted by atomic mass is 16.5. The van der Waals surface area contributed by atoms with Crippen molar-refractivity contribution in [3.05, 3.63) is 42.1 Å². The quantitative estimate of drug-likeness (QED) is 0.636. The molecule has 4 heteroatoms. The summed E-state index contributed by atoms with van der Waals surface area (Å²) in [5.74, 6) is 0.620. The smallest absolute Gasteiger partial charge is 0.143 e. The molecule has 1 aliphatic rings. The molecule has 2 N–H and O–H groups in total. The van der Waals surface area contributed by atoms with Crippen LogP contribution in [0.2, 0.25) is 0 Å². The van der Waals surface area contributed by atoms with Crippen LogP contribution in [-0.4, -0.2) is 7.11 Å². The summed E-state index contributed by atoms with van der Waals surface area (Å²) in [6, 6.07) is 5.35. The predicted molar refractivity (Wildman–Crippen MR) is 68.4 cm³/mol. The lowest BCUT2D eigenvalue weighted by molar-refractivity contribution is 0.417. The minimum atomic E-state index is 0.600. The first kappa shape index (κ1) is 11.4. The van der Waals surface area contributed by atoms with E-state index in [1.807, 2.05) is 12.1 Å². The highest BCUT2D eigenvalue weighted by Crippen LogP contribution is 2.27. The Morgan fingerprint density at radius 3 is 2.82 bits per heavy atom. The summed E-state index contributed by atoms with van der Waals surface area (Å²) in [7, 11) is 1.58. The zero-order chi connectivity index (χ0) is 12.1. The summed E-state index contributed by atoms with van der Waals surface area (Å²) in [5, 5.41) is 8.31. The van der Waals surface area contributed by atoms with Gasteiger partial charge in [-0.25, -0.2) is 0 Å². The maximum Gasteiger partial charge on any atom is 0.143 e. The van der Waals surface area contributed by atoms with Gasteiger partial charge < -0.3 is 10.5 Å². The van der Waals surface area contributed by atoms with Crippen LogP contribution in [0.1, 0.15) is 12.8 Å².